The van der Waals surface area contributed by atoms with E-state index in [1.54, 1.807) is 66.2 Å². The largest absolute Gasteiger partial charge is 0.368 e. The number of aromatic nitrogens is 6. The number of carbonyl (C=O) groups excluding carboxylic acids is 3. The molecule has 96 heavy (non-hydrogen) atoms. The minimum Gasteiger partial charge on any atom is -0.368 e. The first-order valence-electron chi connectivity index (χ1n) is 31.0. The molecule has 28 heteroatoms. The fourth-order valence-electron chi connectivity index (χ4n) is 12.1. The van der Waals surface area contributed by atoms with Crippen LogP contribution in [0.2, 0.25) is 5.02 Å². The van der Waals surface area contributed by atoms with Gasteiger partial charge in [-0.3, -0.25) is 28.5 Å². The van der Waals surface area contributed by atoms with Gasteiger partial charge in [0.1, 0.15) is 30.8 Å². The molecule has 10 aromatic rings. The number of para-hydroxylation sites is 2. The smallest absolute Gasteiger partial charge is 0.263 e. The number of benzene rings is 6. The van der Waals surface area contributed by atoms with Crippen LogP contribution in [-0.4, -0.2) is 148 Å². The van der Waals surface area contributed by atoms with Crippen molar-refractivity contribution in [3.05, 3.63) is 228 Å². The number of ketones is 1. The lowest BCUT2D eigenvalue weighted by Gasteiger charge is -2.37. The van der Waals surface area contributed by atoms with E-state index in [0.29, 0.717) is 55.0 Å². The lowest BCUT2D eigenvalue weighted by Crippen LogP contribution is -2.50. The number of hydrogen-bond acceptors (Lipinski definition) is 18. The fraction of sp³-hybridized carbons (Fsp3) is 0.235. The van der Waals surface area contributed by atoms with Crippen molar-refractivity contribution in [3.63, 3.8) is 0 Å². The minimum atomic E-state index is -3.76. The Bertz CT molecular complexity index is 4700. The Morgan fingerprint density at radius 3 is 1.59 bits per heavy atom. The molecular weight excluding hydrogens is 1320 g/mol. The van der Waals surface area contributed by atoms with E-state index in [2.05, 4.69) is 78.1 Å². The molecule has 0 bridgehead atoms. The third-order valence-corrected chi connectivity index (χ3v) is 22.4. The summed E-state index contributed by atoms with van der Waals surface area (Å²) in [7, 11) is -11.1. The molecule has 3 saturated heterocycles. The van der Waals surface area contributed by atoms with Crippen LogP contribution in [0.25, 0.3) is 10.9 Å². The van der Waals surface area contributed by atoms with Gasteiger partial charge in [0.25, 0.3) is 30.1 Å². The highest BCUT2D eigenvalue weighted by Gasteiger charge is 2.37. The number of amides is 2. The van der Waals surface area contributed by atoms with Crippen LogP contribution in [0, 0.1) is 0 Å². The van der Waals surface area contributed by atoms with Gasteiger partial charge < -0.3 is 29.1 Å². The Morgan fingerprint density at radius 1 is 0.531 bits per heavy atom. The maximum absolute atomic E-state index is 13.1. The van der Waals surface area contributed by atoms with Crippen molar-refractivity contribution in [1.29, 1.82) is 0 Å². The molecule has 3 N–H and O–H groups in total. The maximum Gasteiger partial charge on any atom is 0.263 e. The lowest BCUT2D eigenvalue weighted by atomic mass is 9.89. The zero-order valence-electron chi connectivity index (χ0n) is 51.8. The van der Waals surface area contributed by atoms with Gasteiger partial charge >= 0.3 is 0 Å². The van der Waals surface area contributed by atoms with Crippen LogP contribution in [0.4, 0.5) is 33.8 Å². The molecule has 0 saturated carbocycles. The number of nitrogens with zero attached hydrogens (tertiary/aromatic N) is 11. The van der Waals surface area contributed by atoms with Crippen molar-refractivity contribution < 1.29 is 43.9 Å². The average Bonchev–Trinajstić information content (AvgIpc) is 1.74. The summed E-state index contributed by atoms with van der Waals surface area (Å²) in [6.07, 6.45) is 10.8. The van der Waals surface area contributed by atoms with Crippen LogP contribution in [-0.2, 0) is 46.2 Å². The average molecular weight is 1390 g/mol. The van der Waals surface area contributed by atoms with Crippen molar-refractivity contribution in [2.45, 2.75) is 52.3 Å². The van der Waals surface area contributed by atoms with E-state index in [-0.39, 0.29) is 67.1 Å². The highest BCUT2D eigenvalue weighted by molar-refractivity contribution is 7.93. The van der Waals surface area contributed by atoms with Gasteiger partial charge in [-0.2, -0.15) is 0 Å². The number of rotatable bonds is 16. The summed E-state index contributed by atoms with van der Waals surface area (Å²) in [5.41, 5.74) is 6.59. The number of likely N-dealkylation sites (tertiary alicyclic amines) is 1. The number of carbonyl (C=O) groups is 3. The Balaban J connectivity index is 0.000000172. The summed E-state index contributed by atoms with van der Waals surface area (Å²) in [5.74, 6) is 0.377. The van der Waals surface area contributed by atoms with Gasteiger partial charge in [-0.05, 0) is 127 Å². The van der Waals surface area contributed by atoms with Gasteiger partial charge in [-0.15, -0.1) is 11.3 Å². The van der Waals surface area contributed by atoms with E-state index >= 15 is 0 Å². The van der Waals surface area contributed by atoms with E-state index in [9.17, 15) is 39.6 Å². The number of halogens is 1. The van der Waals surface area contributed by atoms with Crippen LogP contribution < -0.4 is 28.9 Å². The van der Waals surface area contributed by atoms with Gasteiger partial charge in [-0.1, -0.05) is 78.3 Å². The molecule has 1 aliphatic carbocycles. The third kappa shape index (κ3) is 15.8. The highest BCUT2D eigenvalue weighted by atomic mass is 35.5. The molecule has 23 nitrogen and oxygen atoms in total. The van der Waals surface area contributed by atoms with Crippen LogP contribution in [0.15, 0.2) is 221 Å². The van der Waals surface area contributed by atoms with Crippen LogP contribution in [0.3, 0.4) is 0 Å². The standard InChI is InChI=1S/C25H24ClN5O3S.C24H23N5O4S.C19H20N4O2S2.3H2/c26-22-3-1-2-20-11-15-31(25(20)22)16-24(32)30-13-9-19(10-14-30)18-4-6-21(7-5-18)35(33,34)29-23-8-12-27-17-28-23;30-22-15-21(19-3-1-2-4-20(19)22)24(31)29-13-11-28(12-14-29)17-5-7-18(8-6-17)34(32,33)27-23-9-10-25-16-26-23;24-27(25,21-19-20-10-15-26-19)18-8-6-17(7-9-18)23-13-11-22(12-14-23)16-4-2-1-3-5-16;;;/h1-8,11-12,15,17,19H,9-10,13-14,16H2,(H,27,28,29);1-10,16,21H,11-15H2,(H,25,26,27);1-10,15H,11-14H2,(H,20,21);3*1H. The molecule has 7 heterocycles. The molecule has 0 spiro atoms. The van der Waals surface area contributed by atoms with Crippen molar-refractivity contribution in [2.24, 2.45) is 0 Å². The zero-order valence-corrected chi connectivity index (χ0v) is 55.8. The summed E-state index contributed by atoms with van der Waals surface area (Å²) >= 11 is 7.60. The Hall–Kier alpha value is -9.80. The zero-order chi connectivity index (χ0) is 66.8. The lowest BCUT2D eigenvalue weighted by molar-refractivity contribution is -0.133. The summed E-state index contributed by atoms with van der Waals surface area (Å²) < 4.78 is 84.5. The molecule has 0 radical (unpaired) electrons. The second-order valence-electron chi connectivity index (χ2n) is 23.1. The molecule has 14 rings (SSSR count). The first-order valence-corrected chi connectivity index (χ1v) is 36.7. The van der Waals surface area contributed by atoms with Crippen LogP contribution in [0.5, 0.6) is 0 Å². The molecule has 1 atom stereocenters. The Kier molecular flexibility index (Phi) is 20.3. The molecule has 4 aliphatic rings. The number of fused-ring (bicyclic) bond motifs is 2. The van der Waals surface area contributed by atoms with E-state index in [0.717, 1.165) is 72.4 Å². The molecule has 500 valence electrons. The van der Waals surface area contributed by atoms with Gasteiger partial charge in [0.2, 0.25) is 11.8 Å². The van der Waals surface area contributed by atoms with Gasteiger partial charge in [0.15, 0.2) is 10.9 Å². The first-order chi connectivity index (χ1) is 46.4. The fourth-order valence-corrected chi connectivity index (χ4v) is 16.2. The number of sulfonamides is 3. The number of hydrogen-bond donors (Lipinski definition) is 3. The molecule has 6 aromatic carbocycles. The van der Waals surface area contributed by atoms with Crippen molar-refractivity contribution in [3.8, 4) is 0 Å². The molecule has 2 amide bonds. The number of Topliss-reactive ketones (excluding diaryl/α,β-unsaturated/α-hetero) is 1. The molecule has 1 unspecified atom stereocenters. The third-order valence-electron chi connectivity index (χ3n) is 17.2. The van der Waals surface area contributed by atoms with E-state index in [4.69, 9.17) is 11.6 Å². The number of thiazole rings is 1. The van der Waals surface area contributed by atoms with E-state index in [1.165, 1.54) is 54.2 Å². The molecule has 3 aliphatic heterocycles. The van der Waals surface area contributed by atoms with Gasteiger partial charge in [0.05, 0.1) is 31.1 Å². The van der Waals surface area contributed by atoms with Gasteiger partial charge in [0, 0.05) is 134 Å². The Morgan fingerprint density at radius 2 is 1.05 bits per heavy atom. The van der Waals surface area contributed by atoms with Crippen LogP contribution >= 0.6 is 22.9 Å². The summed E-state index contributed by atoms with van der Waals surface area (Å²) in [4.78, 5) is 68.7. The quantitative estimate of drug-likeness (QED) is 0.0811. The summed E-state index contributed by atoms with van der Waals surface area (Å²) in [5, 5.41) is 3.75. The summed E-state index contributed by atoms with van der Waals surface area (Å²) in [6.45, 7) is 7.59. The molecule has 4 aromatic heterocycles. The maximum atomic E-state index is 13.1. The van der Waals surface area contributed by atoms with Gasteiger partial charge in [-0.25, -0.2) is 50.2 Å². The molecule has 3 fully saturated rings. The van der Waals surface area contributed by atoms with Crippen molar-refractivity contribution in [1.82, 2.24) is 39.3 Å². The number of anilines is 6. The topological polar surface area (TPSA) is 275 Å². The van der Waals surface area contributed by atoms with E-state index < -0.39 is 36.0 Å². The normalized spacial score (nSPS) is 16.0. The molecular formula is C68H73ClN14O9S4. The second kappa shape index (κ2) is 29.5. The number of piperidine rings is 1. The van der Waals surface area contributed by atoms with E-state index in [1.807, 2.05) is 93.4 Å². The monoisotopic (exact) mass is 1390 g/mol. The first kappa shape index (κ1) is 66.2. The van der Waals surface area contributed by atoms with Crippen molar-refractivity contribution >= 4 is 115 Å². The van der Waals surface area contributed by atoms with Crippen LogP contribution in [0.1, 0.15) is 56.9 Å². The Labute approximate surface area is 570 Å². The predicted octanol–water partition coefficient (Wildman–Crippen LogP) is 10.6. The highest BCUT2D eigenvalue weighted by Crippen LogP contribution is 2.36. The second-order valence-corrected chi connectivity index (χ2v) is 29.4. The number of piperazine rings is 2. The summed E-state index contributed by atoms with van der Waals surface area (Å²) in [6, 6.07) is 49.0. The SMILES string of the molecule is O=C(Cn1ccc2cccc(Cl)c21)N1CCC(c2ccc(S(=O)(=O)Nc3ccncn3)cc2)CC1.O=C1CC(C(=O)N2CCN(c3ccc(S(=O)(=O)Nc4ccncn4)cc3)CC2)c2ccccc21.O=S(=O)(Nc1nccs1)c1ccc(N2CCN(c3ccccc3)CC2)cc1.[HH].[HH].[HH]. The minimum absolute atomic E-state index is 0. The predicted molar refractivity (Wildman–Crippen MR) is 378 cm³/mol. The van der Waals surface area contributed by atoms with Crippen molar-refractivity contribution in [2.75, 3.05) is 94.3 Å². The number of nitrogens with one attached hydrogen (secondary N) is 3.